The van der Waals surface area contributed by atoms with E-state index in [1.165, 1.54) is 5.46 Å². The molecule has 1 saturated heterocycles. The monoisotopic (exact) mass is 279 g/mol. The van der Waals surface area contributed by atoms with Crippen LogP contribution in [0.3, 0.4) is 0 Å². The van der Waals surface area contributed by atoms with Crippen molar-refractivity contribution < 1.29 is 5.11 Å². The molecule has 0 spiro atoms. The third kappa shape index (κ3) is 3.73. The summed E-state index contributed by atoms with van der Waals surface area (Å²) in [5.41, 5.74) is 2.20. The third-order valence-corrected chi connectivity index (χ3v) is 3.92. The Morgan fingerprint density at radius 2 is 1.38 bits per heavy atom. The summed E-state index contributed by atoms with van der Waals surface area (Å²) in [4.78, 5) is 4.45. The maximum Gasteiger partial charge on any atom is 0.247 e. The van der Waals surface area contributed by atoms with E-state index in [4.69, 9.17) is 0 Å². The van der Waals surface area contributed by atoms with E-state index in [0.717, 1.165) is 31.7 Å². The Labute approximate surface area is 127 Å². The first kappa shape index (κ1) is 14.3. The standard InChI is InChI=1S/C17H20BN2O/c21-17(15-7-3-1-4-8-15)19-11-13-20(14-12-19)18-16-9-5-2-6-10-16/h1-10,17,21H,11-14H2. The zero-order chi connectivity index (χ0) is 14.5. The van der Waals surface area contributed by atoms with Gasteiger partial charge in [0.05, 0.1) is 0 Å². The van der Waals surface area contributed by atoms with Crippen LogP contribution in [0.15, 0.2) is 60.7 Å². The normalized spacial score (nSPS) is 18.3. The maximum absolute atomic E-state index is 10.4. The SMILES string of the molecule is OC(c1ccccc1)N1CCN([B]c2ccccc2)CC1. The number of hydrogen-bond donors (Lipinski definition) is 1. The molecule has 4 heteroatoms. The Balaban J connectivity index is 1.53. The average molecular weight is 279 g/mol. The highest BCUT2D eigenvalue weighted by Crippen LogP contribution is 2.18. The molecule has 0 aromatic heterocycles. The predicted octanol–water partition coefficient (Wildman–Crippen LogP) is 1.24. The highest BCUT2D eigenvalue weighted by molar-refractivity contribution is 6.50. The molecule has 0 bridgehead atoms. The van der Waals surface area contributed by atoms with Gasteiger partial charge in [-0.15, -0.1) is 0 Å². The Kier molecular flexibility index (Phi) is 4.71. The lowest BCUT2D eigenvalue weighted by Crippen LogP contribution is -2.51. The maximum atomic E-state index is 10.4. The van der Waals surface area contributed by atoms with Crippen molar-refractivity contribution in [2.75, 3.05) is 26.2 Å². The van der Waals surface area contributed by atoms with Gasteiger partial charge < -0.3 is 9.92 Å². The molecule has 107 valence electrons. The summed E-state index contributed by atoms with van der Waals surface area (Å²) in [6.07, 6.45) is -0.495. The summed E-state index contributed by atoms with van der Waals surface area (Å²) in [5.74, 6) is 0. The molecule has 1 aliphatic rings. The van der Waals surface area contributed by atoms with Gasteiger partial charge in [-0.3, -0.25) is 4.90 Å². The number of rotatable bonds is 4. The fourth-order valence-electron chi connectivity index (χ4n) is 2.70. The Morgan fingerprint density at radius 3 is 2.00 bits per heavy atom. The summed E-state index contributed by atoms with van der Waals surface area (Å²) >= 11 is 0. The fraction of sp³-hybridized carbons (Fsp3) is 0.294. The molecule has 1 N–H and O–H groups in total. The zero-order valence-corrected chi connectivity index (χ0v) is 12.1. The lowest BCUT2D eigenvalue weighted by molar-refractivity contribution is -0.0161. The van der Waals surface area contributed by atoms with Gasteiger partial charge in [-0.25, -0.2) is 0 Å². The molecule has 1 radical (unpaired) electrons. The van der Waals surface area contributed by atoms with Crippen LogP contribution in [0.2, 0.25) is 0 Å². The summed E-state index contributed by atoms with van der Waals surface area (Å²) < 4.78 is 0. The number of piperazine rings is 1. The van der Waals surface area contributed by atoms with Gasteiger partial charge in [0.2, 0.25) is 7.41 Å². The topological polar surface area (TPSA) is 26.7 Å². The van der Waals surface area contributed by atoms with Crippen LogP contribution in [0.5, 0.6) is 0 Å². The molecule has 1 fully saturated rings. The van der Waals surface area contributed by atoms with Crippen molar-refractivity contribution in [1.82, 2.24) is 9.71 Å². The zero-order valence-electron chi connectivity index (χ0n) is 12.1. The first-order chi connectivity index (χ1) is 10.3. The minimum absolute atomic E-state index is 0.495. The number of hydrogen-bond acceptors (Lipinski definition) is 3. The molecule has 0 amide bonds. The van der Waals surface area contributed by atoms with Crippen molar-refractivity contribution >= 4 is 12.9 Å². The van der Waals surface area contributed by atoms with E-state index < -0.39 is 6.23 Å². The van der Waals surface area contributed by atoms with Gasteiger partial charge in [0, 0.05) is 26.2 Å². The van der Waals surface area contributed by atoms with E-state index in [1.54, 1.807) is 0 Å². The highest BCUT2D eigenvalue weighted by atomic mass is 16.3. The number of nitrogens with zero attached hydrogens (tertiary/aromatic N) is 2. The second kappa shape index (κ2) is 6.90. The van der Waals surface area contributed by atoms with Gasteiger partial charge >= 0.3 is 0 Å². The van der Waals surface area contributed by atoms with Gasteiger partial charge in [-0.1, -0.05) is 66.1 Å². The molecule has 21 heavy (non-hydrogen) atoms. The fourth-order valence-corrected chi connectivity index (χ4v) is 2.70. The molecular formula is C17H20BN2O. The van der Waals surface area contributed by atoms with E-state index >= 15 is 0 Å². The second-order valence-corrected chi connectivity index (χ2v) is 5.40. The van der Waals surface area contributed by atoms with Crippen LogP contribution in [-0.4, -0.2) is 48.4 Å². The minimum atomic E-state index is -0.495. The van der Waals surface area contributed by atoms with Crippen molar-refractivity contribution in [1.29, 1.82) is 0 Å². The van der Waals surface area contributed by atoms with Crippen molar-refractivity contribution in [3.63, 3.8) is 0 Å². The van der Waals surface area contributed by atoms with Crippen LogP contribution in [0.1, 0.15) is 11.8 Å². The van der Waals surface area contributed by atoms with Gasteiger partial charge in [0.15, 0.2) is 0 Å². The van der Waals surface area contributed by atoms with Crippen LogP contribution >= 0.6 is 0 Å². The summed E-state index contributed by atoms with van der Waals surface area (Å²) in [5, 5.41) is 10.4. The molecule has 0 saturated carbocycles. The van der Waals surface area contributed by atoms with Crippen LogP contribution in [0, 0.1) is 0 Å². The molecule has 3 nitrogen and oxygen atoms in total. The Morgan fingerprint density at radius 1 is 0.810 bits per heavy atom. The molecule has 3 rings (SSSR count). The molecule has 1 atom stereocenters. The van der Waals surface area contributed by atoms with E-state index in [-0.39, 0.29) is 0 Å². The van der Waals surface area contributed by atoms with E-state index in [9.17, 15) is 5.11 Å². The minimum Gasteiger partial charge on any atom is -0.374 e. The first-order valence-electron chi connectivity index (χ1n) is 7.44. The van der Waals surface area contributed by atoms with Gasteiger partial charge in [0.25, 0.3) is 0 Å². The molecular weight excluding hydrogens is 259 g/mol. The van der Waals surface area contributed by atoms with Gasteiger partial charge in [-0.2, -0.15) is 0 Å². The van der Waals surface area contributed by atoms with Crippen LogP contribution in [0.25, 0.3) is 0 Å². The third-order valence-electron chi connectivity index (χ3n) is 3.92. The molecule has 2 aromatic carbocycles. The lowest BCUT2D eigenvalue weighted by Gasteiger charge is -2.37. The van der Waals surface area contributed by atoms with Crippen molar-refractivity contribution in [3.8, 4) is 0 Å². The van der Waals surface area contributed by atoms with Crippen LogP contribution in [-0.2, 0) is 0 Å². The number of aliphatic hydroxyl groups is 1. The molecule has 1 unspecified atom stereocenters. The van der Waals surface area contributed by atoms with Crippen molar-refractivity contribution in [2.45, 2.75) is 6.23 Å². The number of aliphatic hydroxyl groups excluding tert-OH is 1. The predicted molar refractivity (Wildman–Crippen MR) is 86.4 cm³/mol. The Hall–Kier alpha value is -1.62. The van der Waals surface area contributed by atoms with E-state index in [1.807, 2.05) is 36.4 Å². The average Bonchev–Trinajstić information content (AvgIpc) is 2.57. The summed E-state index contributed by atoms with van der Waals surface area (Å²) in [7, 11) is 2.20. The van der Waals surface area contributed by atoms with E-state index in [2.05, 4.69) is 41.4 Å². The first-order valence-corrected chi connectivity index (χ1v) is 7.44. The second-order valence-electron chi connectivity index (χ2n) is 5.40. The number of benzene rings is 2. The molecule has 2 aromatic rings. The van der Waals surface area contributed by atoms with Gasteiger partial charge in [-0.05, 0) is 5.56 Å². The largest absolute Gasteiger partial charge is 0.374 e. The summed E-state index contributed by atoms with van der Waals surface area (Å²) in [6, 6.07) is 20.3. The molecule has 1 aliphatic heterocycles. The lowest BCUT2D eigenvalue weighted by atomic mass is 9.80. The van der Waals surface area contributed by atoms with Crippen molar-refractivity contribution in [2.24, 2.45) is 0 Å². The van der Waals surface area contributed by atoms with Crippen LogP contribution in [0.4, 0.5) is 0 Å². The Bertz CT molecular complexity index is 541. The van der Waals surface area contributed by atoms with Crippen LogP contribution < -0.4 is 5.46 Å². The highest BCUT2D eigenvalue weighted by Gasteiger charge is 2.23. The molecule has 0 aliphatic carbocycles. The molecule has 1 heterocycles. The van der Waals surface area contributed by atoms with Gasteiger partial charge in [0.1, 0.15) is 6.23 Å². The smallest absolute Gasteiger partial charge is 0.247 e. The van der Waals surface area contributed by atoms with Crippen molar-refractivity contribution in [3.05, 3.63) is 66.2 Å². The summed E-state index contributed by atoms with van der Waals surface area (Å²) in [6.45, 7) is 3.64. The quantitative estimate of drug-likeness (QED) is 0.853. The van der Waals surface area contributed by atoms with E-state index in [0.29, 0.717) is 0 Å².